The number of aliphatic hydroxyl groups is 1. The SMILES string of the molecule is CC(CO)CN1CCC(C(C)C)C1. The van der Waals surface area contributed by atoms with Gasteiger partial charge in [0.25, 0.3) is 0 Å². The second kappa shape index (κ2) is 4.97. The largest absolute Gasteiger partial charge is 0.396 e. The lowest BCUT2D eigenvalue weighted by atomic mass is 9.95. The van der Waals surface area contributed by atoms with Crippen LogP contribution in [0.1, 0.15) is 27.2 Å². The first-order chi connectivity index (χ1) is 6.13. The minimum atomic E-state index is 0.322. The van der Waals surface area contributed by atoms with Crippen LogP contribution < -0.4 is 0 Å². The molecular weight excluding hydrogens is 162 g/mol. The summed E-state index contributed by atoms with van der Waals surface area (Å²) < 4.78 is 0. The molecular formula is C11H23NO. The highest BCUT2D eigenvalue weighted by molar-refractivity contribution is 4.78. The first-order valence-corrected chi connectivity index (χ1v) is 5.46. The zero-order chi connectivity index (χ0) is 9.84. The first kappa shape index (κ1) is 11.0. The van der Waals surface area contributed by atoms with Crippen molar-refractivity contribution in [1.82, 2.24) is 4.90 Å². The van der Waals surface area contributed by atoms with Crippen molar-refractivity contribution >= 4 is 0 Å². The van der Waals surface area contributed by atoms with Crippen LogP contribution in [0.15, 0.2) is 0 Å². The van der Waals surface area contributed by atoms with Gasteiger partial charge in [-0.15, -0.1) is 0 Å². The molecule has 2 heteroatoms. The van der Waals surface area contributed by atoms with E-state index in [1.54, 1.807) is 0 Å². The smallest absolute Gasteiger partial charge is 0.0468 e. The Balaban J connectivity index is 2.25. The second-order valence-electron chi connectivity index (χ2n) is 4.84. The number of aliphatic hydroxyl groups excluding tert-OH is 1. The molecule has 1 fully saturated rings. The van der Waals surface area contributed by atoms with Crippen molar-refractivity contribution in [2.24, 2.45) is 17.8 Å². The molecule has 1 heterocycles. The lowest BCUT2D eigenvalue weighted by molar-refractivity contribution is 0.185. The average molecular weight is 185 g/mol. The van der Waals surface area contributed by atoms with Crippen LogP contribution in [-0.2, 0) is 0 Å². The molecule has 0 aromatic rings. The van der Waals surface area contributed by atoms with Crippen molar-refractivity contribution in [1.29, 1.82) is 0 Å². The molecule has 0 radical (unpaired) electrons. The summed E-state index contributed by atoms with van der Waals surface area (Å²) in [4.78, 5) is 2.49. The highest BCUT2D eigenvalue weighted by Crippen LogP contribution is 2.23. The summed E-state index contributed by atoms with van der Waals surface area (Å²) in [6, 6.07) is 0. The summed E-state index contributed by atoms with van der Waals surface area (Å²) in [7, 11) is 0. The van der Waals surface area contributed by atoms with Gasteiger partial charge in [-0.1, -0.05) is 20.8 Å². The van der Waals surface area contributed by atoms with Crippen molar-refractivity contribution in [2.45, 2.75) is 27.2 Å². The Morgan fingerprint density at radius 3 is 2.54 bits per heavy atom. The van der Waals surface area contributed by atoms with Gasteiger partial charge in [0.15, 0.2) is 0 Å². The number of nitrogens with zero attached hydrogens (tertiary/aromatic N) is 1. The zero-order valence-corrected chi connectivity index (χ0v) is 9.16. The molecule has 0 amide bonds. The lowest BCUT2D eigenvalue weighted by Crippen LogP contribution is -2.28. The van der Waals surface area contributed by atoms with E-state index < -0.39 is 0 Å². The maximum Gasteiger partial charge on any atom is 0.0468 e. The molecule has 1 rings (SSSR count). The number of hydrogen-bond donors (Lipinski definition) is 1. The fourth-order valence-electron chi connectivity index (χ4n) is 2.07. The Morgan fingerprint density at radius 1 is 1.38 bits per heavy atom. The molecule has 0 aliphatic carbocycles. The molecule has 1 aliphatic heterocycles. The summed E-state index contributed by atoms with van der Waals surface area (Å²) in [5, 5.41) is 8.94. The van der Waals surface area contributed by atoms with E-state index in [0.29, 0.717) is 12.5 Å². The monoisotopic (exact) mass is 185 g/mol. The van der Waals surface area contributed by atoms with Gasteiger partial charge >= 0.3 is 0 Å². The van der Waals surface area contributed by atoms with E-state index >= 15 is 0 Å². The maximum atomic E-state index is 8.94. The Labute approximate surface area is 81.9 Å². The molecule has 2 unspecified atom stereocenters. The predicted molar refractivity (Wildman–Crippen MR) is 55.6 cm³/mol. The highest BCUT2D eigenvalue weighted by Gasteiger charge is 2.25. The van der Waals surface area contributed by atoms with Crippen LogP contribution in [0.4, 0.5) is 0 Å². The molecule has 0 spiro atoms. The number of likely N-dealkylation sites (tertiary alicyclic amines) is 1. The standard InChI is InChI=1S/C11H23NO/c1-9(2)11-4-5-12(7-11)6-10(3)8-13/h9-11,13H,4-8H2,1-3H3. The van der Waals surface area contributed by atoms with Gasteiger partial charge in [0.05, 0.1) is 0 Å². The molecule has 1 aliphatic rings. The van der Waals surface area contributed by atoms with E-state index in [4.69, 9.17) is 5.11 Å². The van der Waals surface area contributed by atoms with Crippen molar-refractivity contribution in [3.8, 4) is 0 Å². The Bertz CT molecular complexity index is 147. The fourth-order valence-corrected chi connectivity index (χ4v) is 2.07. The van der Waals surface area contributed by atoms with Gasteiger partial charge in [-0.2, -0.15) is 0 Å². The third-order valence-electron chi connectivity index (χ3n) is 3.13. The third-order valence-corrected chi connectivity index (χ3v) is 3.13. The Hall–Kier alpha value is -0.0800. The Kier molecular flexibility index (Phi) is 4.20. The van der Waals surface area contributed by atoms with Gasteiger partial charge in [0.2, 0.25) is 0 Å². The zero-order valence-electron chi connectivity index (χ0n) is 9.16. The van der Waals surface area contributed by atoms with Crippen molar-refractivity contribution in [3.63, 3.8) is 0 Å². The molecule has 0 aromatic carbocycles. The summed E-state index contributed by atoms with van der Waals surface area (Å²) in [6.45, 7) is 10.6. The van der Waals surface area contributed by atoms with Crippen LogP contribution >= 0.6 is 0 Å². The first-order valence-electron chi connectivity index (χ1n) is 5.46. The molecule has 13 heavy (non-hydrogen) atoms. The van der Waals surface area contributed by atoms with Gasteiger partial charge in [-0.3, -0.25) is 0 Å². The Morgan fingerprint density at radius 2 is 2.08 bits per heavy atom. The van der Waals surface area contributed by atoms with Gasteiger partial charge in [0, 0.05) is 19.7 Å². The van der Waals surface area contributed by atoms with Gasteiger partial charge in [-0.05, 0) is 30.7 Å². The van der Waals surface area contributed by atoms with Crippen LogP contribution in [0.2, 0.25) is 0 Å². The molecule has 1 saturated heterocycles. The maximum absolute atomic E-state index is 8.94. The molecule has 0 bridgehead atoms. The van der Waals surface area contributed by atoms with Crippen LogP contribution in [0, 0.1) is 17.8 Å². The average Bonchev–Trinajstić information content (AvgIpc) is 2.52. The van der Waals surface area contributed by atoms with Gasteiger partial charge < -0.3 is 10.0 Å². The van der Waals surface area contributed by atoms with Crippen LogP contribution in [0.25, 0.3) is 0 Å². The topological polar surface area (TPSA) is 23.5 Å². The molecule has 0 saturated carbocycles. The van der Waals surface area contributed by atoms with Crippen molar-refractivity contribution in [2.75, 3.05) is 26.2 Å². The molecule has 0 aromatic heterocycles. The van der Waals surface area contributed by atoms with E-state index in [1.165, 1.54) is 19.5 Å². The third kappa shape index (κ3) is 3.28. The van der Waals surface area contributed by atoms with E-state index in [2.05, 4.69) is 25.7 Å². The predicted octanol–water partition coefficient (Wildman–Crippen LogP) is 1.59. The minimum Gasteiger partial charge on any atom is -0.396 e. The fraction of sp³-hybridized carbons (Fsp3) is 1.00. The van der Waals surface area contributed by atoms with E-state index in [-0.39, 0.29) is 0 Å². The minimum absolute atomic E-state index is 0.322. The van der Waals surface area contributed by atoms with Crippen LogP contribution in [-0.4, -0.2) is 36.2 Å². The van der Waals surface area contributed by atoms with E-state index in [0.717, 1.165) is 18.4 Å². The quantitative estimate of drug-likeness (QED) is 0.719. The van der Waals surface area contributed by atoms with Gasteiger partial charge in [0.1, 0.15) is 0 Å². The van der Waals surface area contributed by atoms with E-state index in [1.807, 2.05) is 0 Å². The van der Waals surface area contributed by atoms with E-state index in [9.17, 15) is 0 Å². The van der Waals surface area contributed by atoms with Gasteiger partial charge in [-0.25, -0.2) is 0 Å². The summed E-state index contributed by atoms with van der Waals surface area (Å²) in [5.74, 6) is 2.13. The number of rotatable bonds is 4. The summed E-state index contributed by atoms with van der Waals surface area (Å²) >= 11 is 0. The normalized spacial score (nSPS) is 27.0. The molecule has 2 atom stereocenters. The molecule has 2 nitrogen and oxygen atoms in total. The van der Waals surface area contributed by atoms with Crippen LogP contribution in [0.3, 0.4) is 0 Å². The van der Waals surface area contributed by atoms with Crippen LogP contribution in [0.5, 0.6) is 0 Å². The number of hydrogen-bond acceptors (Lipinski definition) is 2. The summed E-state index contributed by atoms with van der Waals surface area (Å²) in [5.41, 5.74) is 0. The second-order valence-corrected chi connectivity index (χ2v) is 4.84. The lowest BCUT2D eigenvalue weighted by Gasteiger charge is -2.20. The summed E-state index contributed by atoms with van der Waals surface area (Å²) in [6.07, 6.45) is 1.34. The highest BCUT2D eigenvalue weighted by atomic mass is 16.3. The van der Waals surface area contributed by atoms with Crippen molar-refractivity contribution in [3.05, 3.63) is 0 Å². The molecule has 1 N–H and O–H groups in total. The van der Waals surface area contributed by atoms with Crippen molar-refractivity contribution < 1.29 is 5.11 Å². The molecule has 78 valence electrons.